The van der Waals surface area contributed by atoms with Crippen molar-refractivity contribution in [2.24, 2.45) is 11.3 Å². The lowest BCUT2D eigenvalue weighted by Gasteiger charge is -2.36. The number of carboxylic acid groups (broad SMARTS) is 2. The van der Waals surface area contributed by atoms with E-state index in [4.69, 9.17) is 20.0 Å². The van der Waals surface area contributed by atoms with E-state index in [1.54, 1.807) is 18.2 Å². The predicted molar refractivity (Wildman–Crippen MR) is 177 cm³/mol. The van der Waals surface area contributed by atoms with E-state index in [-0.39, 0.29) is 29.8 Å². The Hall–Kier alpha value is -4.15. The van der Waals surface area contributed by atoms with Crippen LogP contribution in [-0.2, 0) is 22.4 Å². The highest BCUT2D eigenvalue weighted by Crippen LogP contribution is 2.38. The maximum Gasteiger partial charge on any atom is 0.490 e. The van der Waals surface area contributed by atoms with Gasteiger partial charge in [0.25, 0.3) is 11.8 Å². The molecule has 0 spiro atoms. The lowest BCUT2D eigenvalue weighted by atomic mass is 9.71. The van der Waals surface area contributed by atoms with Crippen molar-refractivity contribution in [1.29, 1.82) is 0 Å². The molecule has 1 fully saturated rings. The Bertz CT molecular complexity index is 1690. The highest BCUT2D eigenvalue weighted by Gasteiger charge is 2.38. The van der Waals surface area contributed by atoms with E-state index >= 15 is 0 Å². The molecule has 0 unspecified atom stereocenters. The van der Waals surface area contributed by atoms with Crippen LogP contribution in [0.3, 0.4) is 0 Å². The molecule has 1 aliphatic carbocycles. The summed E-state index contributed by atoms with van der Waals surface area (Å²) in [5.41, 5.74) is 4.56. The molecule has 49 heavy (non-hydrogen) atoms. The van der Waals surface area contributed by atoms with Gasteiger partial charge in [-0.1, -0.05) is 44.2 Å². The van der Waals surface area contributed by atoms with Crippen molar-refractivity contribution in [3.63, 3.8) is 0 Å². The summed E-state index contributed by atoms with van der Waals surface area (Å²) in [4.78, 5) is 58.7. The molecule has 16 heteroatoms. The molecule has 266 valence electrons. The van der Waals surface area contributed by atoms with Gasteiger partial charge in [0.05, 0.1) is 18.6 Å². The Morgan fingerprint density at radius 3 is 2.37 bits per heavy atom. The molecule has 0 saturated carbocycles. The van der Waals surface area contributed by atoms with Crippen molar-refractivity contribution in [3.05, 3.63) is 57.7 Å². The number of carbonyl (C=O) groups is 4. The van der Waals surface area contributed by atoms with Crippen molar-refractivity contribution in [3.8, 4) is 0 Å². The monoisotopic (exact) mass is 706 g/mol. The number of fused-ring (bicyclic) bond motifs is 2. The van der Waals surface area contributed by atoms with E-state index in [9.17, 15) is 27.6 Å². The number of benzene rings is 1. The second-order valence-electron chi connectivity index (χ2n) is 13.4. The molecule has 1 aliphatic heterocycles. The minimum atomic E-state index is -5.08. The highest BCUT2D eigenvalue weighted by atomic mass is 32.1. The number of hydrogen-bond donors (Lipinski definition) is 5. The standard InChI is InChI=1S/C31H40N6O4S.C2HF3O2/c1-31(2,3)21-8-9-23-20(13-21)14-25-29(35-23)42-30(36-25)28(41)34-24(10-11-32-15-26(38)39)18-6-5-7-19(12-18)27(40)33-22-16-37(4)17-22;3-2(4,5)1(6)7/h5-7,12,14,21-22,24,32H,8-11,13,15-17H2,1-4H3,(H,33,40)(H,34,41)(H,38,39);(H,6,7)/t21-,24+;/m0./s1. The van der Waals surface area contributed by atoms with Crippen molar-refractivity contribution in [2.75, 3.05) is 33.2 Å². The normalized spacial score (nSPS) is 17.2. The van der Waals surface area contributed by atoms with E-state index < -0.39 is 24.2 Å². The first-order valence-corrected chi connectivity index (χ1v) is 16.6. The zero-order valence-corrected chi connectivity index (χ0v) is 28.5. The van der Waals surface area contributed by atoms with Gasteiger partial charge in [-0.15, -0.1) is 0 Å². The Morgan fingerprint density at radius 2 is 1.76 bits per heavy atom. The van der Waals surface area contributed by atoms with E-state index in [0.29, 0.717) is 29.5 Å². The van der Waals surface area contributed by atoms with Crippen LogP contribution in [0.4, 0.5) is 13.2 Å². The van der Waals surface area contributed by atoms with Gasteiger partial charge in [0.2, 0.25) is 0 Å². The molecule has 2 atom stereocenters. The number of aliphatic carboxylic acids is 2. The fraction of sp³-hybridized carbons (Fsp3) is 0.515. The third kappa shape index (κ3) is 10.4. The Morgan fingerprint density at radius 1 is 1.06 bits per heavy atom. The number of thiazole rings is 1. The minimum Gasteiger partial charge on any atom is -0.480 e. The first kappa shape index (κ1) is 37.7. The molecule has 0 bridgehead atoms. The maximum atomic E-state index is 13.5. The van der Waals surface area contributed by atoms with Gasteiger partial charge < -0.3 is 31.1 Å². The molecule has 0 radical (unpaired) electrons. The van der Waals surface area contributed by atoms with Crippen molar-refractivity contribution >= 4 is 45.4 Å². The quantitative estimate of drug-likeness (QED) is 0.194. The number of likely N-dealkylation sites (tertiary alicyclic amines) is 1. The first-order valence-electron chi connectivity index (χ1n) is 15.8. The van der Waals surface area contributed by atoms with Crippen LogP contribution in [0.2, 0.25) is 0 Å². The summed E-state index contributed by atoms with van der Waals surface area (Å²) in [6.45, 7) is 8.66. The average molecular weight is 707 g/mol. The number of rotatable bonds is 10. The van der Waals surface area contributed by atoms with Gasteiger partial charge >= 0.3 is 18.1 Å². The molecular formula is C33H41F3N6O6S. The van der Waals surface area contributed by atoms with Crippen molar-refractivity contribution in [1.82, 2.24) is 30.8 Å². The number of carbonyl (C=O) groups excluding carboxylic acids is 2. The summed E-state index contributed by atoms with van der Waals surface area (Å²) < 4.78 is 31.7. The smallest absolute Gasteiger partial charge is 0.480 e. The highest BCUT2D eigenvalue weighted by molar-refractivity contribution is 7.19. The molecule has 5 N–H and O–H groups in total. The van der Waals surface area contributed by atoms with Gasteiger partial charge in [-0.25, -0.2) is 14.8 Å². The van der Waals surface area contributed by atoms with Gasteiger partial charge in [-0.05, 0) is 79.9 Å². The van der Waals surface area contributed by atoms with Gasteiger partial charge in [-0.2, -0.15) is 13.2 Å². The van der Waals surface area contributed by atoms with Crippen molar-refractivity contribution in [2.45, 2.75) is 64.7 Å². The zero-order valence-electron chi connectivity index (χ0n) is 27.7. The third-order valence-corrected chi connectivity index (χ3v) is 9.52. The number of nitrogens with one attached hydrogen (secondary N) is 3. The lowest BCUT2D eigenvalue weighted by molar-refractivity contribution is -0.192. The molecule has 1 aromatic carbocycles. The molecule has 5 rings (SSSR count). The molecule has 2 amide bonds. The van der Waals surface area contributed by atoms with Crippen LogP contribution >= 0.6 is 11.3 Å². The van der Waals surface area contributed by atoms with E-state index in [0.717, 1.165) is 54.0 Å². The molecule has 2 aromatic heterocycles. The molecule has 3 heterocycles. The van der Waals surface area contributed by atoms with Crippen LogP contribution in [-0.4, -0.2) is 94.3 Å². The van der Waals surface area contributed by atoms with E-state index in [2.05, 4.69) is 52.7 Å². The lowest BCUT2D eigenvalue weighted by Crippen LogP contribution is -2.57. The molecule has 3 aromatic rings. The minimum absolute atomic E-state index is 0.125. The van der Waals surface area contributed by atoms with Crippen LogP contribution in [0.15, 0.2) is 30.3 Å². The average Bonchev–Trinajstić information content (AvgIpc) is 3.42. The second-order valence-corrected chi connectivity index (χ2v) is 14.4. The number of carboxylic acids is 2. The second kappa shape index (κ2) is 15.6. The zero-order chi connectivity index (χ0) is 36.1. The summed E-state index contributed by atoms with van der Waals surface area (Å²) in [7, 11) is 2.01. The van der Waals surface area contributed by atoms with E-state index in [1.165, 1.54) is 16.9 Å². The summed E-state index contributed by atoms with van der Waals surface area (Å²) in [6, 6.07) is 8.99. The molecule has 2 aliphatic rings. The van der Waals surface area contributed by atoms with Crippen molar-refractivity contribution < 1.29 is 42.6 Å². The number of aromatic nitrogens is 2. The van der Waals surface area contributed by atoms with Crippen LogP contribution in [0.25, 0.3) is 10.3 Å². The van der Waals surface area contributed by atoms with Gasteiger partial charge in [-0.3, -0.25) is 14.4 Å². The Labute approximate surface area is 285 Å². The number of likely N-dealkylation sites (N-methyl/N-ethyl adjacent to an activating group) is 1. The molecule has 12 nitrogen and oxygen atoms in total. The molecular weight excluding hydrogens is 665 g/mol. The number of halogens is 3. The van der Waals surface area contributed by atoms with Crippen LogP contribution in [0, 0.1) is 11.3 Å². The summed E-state index contributed by atoms with van der Waals surface area (Å²) in [5, 5.41) is 25.5. The SMILES string of the molecule is CN1CC(NC(=O)c2cccc([C@@H](CCNCC(=O)O)NC(=O)c3nc4cc5c(nc4s3)CC[C@H](C(C)(C)C)C5)c2)C1.O=C(O)C(F)(F)F. The first-order chi connectivity index (χ1) is 22.9. The van der Waals surface area contributed by atoms with Gasteiger partial charge in [0, 0.05) is 24.3 Å². The Kier molecular flexibility index (Phi) is 12.0. The Balaban J connectivity index is 0.000000698. The van der Waals surface area contributed by atoms with Gasteiger partial charge in [0.15, 0.2) is 5.01 Å². The summed E-state index contributed by atoms with van der Waals surface area (Å²) in [6.07, 6.45) is -1.65. The number of pyridine rings is 1. The maximum absolute atomic E-state index is 13.5. The number of hydrogen-bond acceptors (Lipinski definition) is 9. The summed E-state index contributed by atoms with van der Waals surface area (Å²) >= 11 is 1.28. The number of nitrogens with zero attached hydrogens (tertiary/aromatic N) is 3. The topological polar surface area (TPSA) is 174 Å². The summed E-state index contributed by atoms with van der Waals surface area (Å²) in [5.74, 6) is -3.60. The fourth-order valence-electron chi connectivity index (χ4n) is 5.79. The van der Waals surface area contributed by atoms with Crippen LogP contribution in [0.5, 0.6) is 0 Å². The fourth-order valence-corrected chi connectivity index (χ4v) is 6.63. The van der Waals surface area contributed by atoms with Gasteiger partial charge in [0.1, 0.15) is 10.3 Å². The van der Waals surface area contributed by atoms with E-state index in [1.807, 2.05) is 13.1 Å². The number of amides is 2. The largest absolute Gasteiger partial charge is 0.490 e. The number of alkyl halides is 3. The van der Waals surface area contributed by atoms with Crippen LogP contribution in [0.1, 0.15) is 76.6 Å². The number of aryl methyl sites for hydroxylation is 1. The molecule has 1 saturated heterocycles. The third-order valence-electron chi connectivity index (χ3n) is 8.55. The predicted octanol–water partition coefficient (Wildman–Crippen LogP) is 4.05. The van der Waals surface area contributed by atoms with Crippen LogP contribution < -0.4 is 16.0 Å².